The minimum atomic E-state index is 0.164. The molecule has 0 heterocycles. The second-order valence-electron chi connectivity index (χ2n) is 3.45. The smallest absolute Gasteiger partial charge is 0.0471 e. The van der Waals surface area contributed by atoms with Crippen LogP contribution in [-0.2, 0) is 6.42 Å². The van der Waals surface area contributed by atoms with Gasteiger partial charge in [0.05, 0.1) is 0 Å². The van der Waals surface area contributed by atoms with Gasteiger partial charge >= 0.3 is 0 Å². The molecule has 0 saturated heterocycles. The SMILES string of the molecule is NCC(CO)CCc1cccc(Cl)c1. The van der Waals surface area contributed by atoms with Gasteiger partial charge in [0.15, 0.2) is 0 Å². The highest BCUT2D eigenvalue weighted by molar-refractivity contribution is 6.30. The predicted octanol–water partition coefficient (Wildman–Crippen LogP) is 1.84. The first-order valence-corrected chi connectivity index (χ1v) is 5.19. The van der Waals surface area contributed by atoms with Crippen molar-refractivity contribution in [3.63, 3.8) is 0 Å². The van der Waals surface area contributed by atoms with E-state index in [-0.39, 0.29) is 12.5 Å². The van der Waals surface area contributed by atoms with Gasteiger partial charge in [-0.3, -0.25) is 0 Å². The van der Waals surface area contributed by atoms with Crippen LogP contribution in [0.5, 0.6) is 0 Å². The van der Waals surface area contributed by atoms with Gasteiger partial charge in [0.1, 0.15) is 0 Å². The van der Waals surface area contributed by atoms with Crippen LogP contribution >= 0.6 is 11.6 Å². The van der Waals surface area contributed by atoms with Gasteiger partial charge in [-0.25, -0.2) is 0 Å². The molecule has 78 valence electrons. The van der Waals surface area contributed by atoms with E-state index in [1.807, 2.05) is 24.3 Å². The molecule has 0 amide bonds. The summed E-state index contributed by atoms with van der Waals surface area (Å²) < 4.78 is 0. The van der Waals surface area contributed by atoms with E-state index in [1.54, 1.807) is 0 Å². The van der Waals surface area contributed by atoms with Crippen LogP contribution < -0.4 is 5.73 Å². The number of rotatable bonds is 5. The minimum Gasteiger partial charge on any atom is -0.396 e. The average molecular weight is 214 g/mol. The summed E-state index contributed by atoms with van der Waals surface area (Å²) in [5.74, 6) is 0.203. The fourth-order valence-corrected chi connectivity index (χ4v) is 1.56. The van der Waals surface area contributed by atoms with E-state index in [9.17, 15) is 0 Å². The number of hydrogen-bond acceptors (Lipinski definition) is 2. The Morgan fingerprint density at radius 2 is 2.21 bits per heavy atom. The molecule has 0 aliphatic carbocycles. The Balaban J connectivity index is 2.44. The Hall–Kier alpha value is -0.570. The van der Waals surface area contributed by atoms with Crippen molar-refractivity contribution < 1.29 is 5.11 Å². The second-order valence-corrected chi connectivity index (χ2v) is 3.89. The summed E-state index contributed by atoms with van der Waals surface area (Å²) in [6.07, 6.45) is 1.83. The molecule has 0 spiro atoms. The molecule has 3 N–H and O–H groups in total. The van der Waals surface area contributed by atoms with Gasteiger partial charge in [-0.1, -0.05) is 23.7 Å². The van der Waals surface area contributed by atoms with E-state index >= 15 is 0 Å². The third kappa shape index (κ3) is 3.66. The van der Waals surface area contributed by atoms with Crippen molar-refractivity contribution in [2.45, 2.75) is 12.8 Å². The van der Waals surface area contributed by atoms with Crippen molar-refractivity contribution in [3.05, 3.63) is 34.9 Å². The molecule has 0 fully saturated rings. The molecule has 0 aromatic heterocycles. The number of hydrogen-bond donors (Lipinski definition) is 2. The van der Waals surface area contributed by atoms with Crippen molar-refractivity contribution in [1.82, 2.24) is 0 Å². The van der Waals surface area contributed by atoms with Gasteiger partial charge in [-0.15, -0.1) is 0 Å². The lowest BCUT2D eigenvalue weighted by Gasteiger charge is -2.10. The Bertz CT molecular complexity index is 274. The lowest BCUT2D eigenvalue weighted by molar-refractivity contribution is 0.223. The highest BCUT2D eigenvalue weighted by Crippen LogP contribution is 2.14. The van der Waals surface area contributed by atoms with Crippen LogP contribution in [0.25, 0.3) is 0 Å². The molecule has 0 saturated carbocycles. The summed E-state index contributed by atoms with van der Waals surface area (Å²) in [5.41, 5.74) is 6.69. The predicted molar refractivity (Wildman–Crippen MR) is 59.4 cm³/mol. The summed E-state index contributed by atoms with van der Waals surface area (Å²) in [6.45, 7) is 0.703. The lowest BCUT2D eigenvalue weighted by atomic mass is 10.0. The number of halogens is 1. The zero-order valence-electron chi connectivity index (χ0n) is 8.12. The van der Waals surface area contributed by atoms with Crippen LogP contribution in [-0.4, -0.2) is 18.3 Å². The van der Waals surface area contributed by atoms with Gasteiger partial charge in [-0.05, 0) is 43.0 Å². The summed E-state index contributed by atoms with van der Waals surface area (Å²) >= 11 is 5.85. The highest BCUT2D eigenvalue weighted by atomic mass is 35.5. The Morgan fingerprint density at radius 3 is 2.79 bits per heavy atom. The quantitative estimate of drug-likeness (QED) is 0.784. The maximum atomic E-state index is 8.95. The van der Waals surface area contributed by atoms with Gasteiger partial charge in [0, 0.05) is 11.6 Å². The molecule has 1 atom stereocenters. The molecule has 1 unspecified atom stereocenters. The molecular formula is C11H16ClNO. The second kappa shape index (κ2) is 6.02. The van der Waals surface area contributed by atoms with Gasteiger partial charge in [-0.2, -0.15) is 0 Å². The standard InChI is InChI=1S/C11H16ClNO/c12-11-3-1-2-9(6-11)4-5-10(7-13)8-14/h1-3,6,10,14H,4-5,7-8,13H2. The molecular weight excluding hydrogens is 198 g/mol. The van der Waals surface area contributed by atoms with Gasteiger partial charge in [0.2, 0.25) is 0 Å². The van der Waals surface area contributed by atoms with Gasteiger partial charge < -0.3 is 10.8 Å². The topological polar surface area (TPSA) is 46.2 Å². The average Bonchev–Trinajstić information content (AvgIpc) is 2.19. The van der Waals surface area contributed by atoms with E-state index in [0.29, 0.717) is 6.54 Å². The first-order chi connectivity index (χ1) is 6.76. The molecule has 2 nitrogen and oxygen atoms in total. The van der Waals surface area contributed by atoms with Crippen LogP contribution in [0.2, 0.25) is 5.02 Å². The third-order valence-electron chi connectivity index (χ3n) is 2.32. The number of aliphatic hydroxyl groups excluding tert-OH is 1. The number of nitrogens with two attached hydrogens (primary N) is 1. The summed E-state index contributed by atoms with van der Waals surface area (Å²) in [6, 6.07) is 7.79. The molecule has 0 radical (unpaired) electrons. The zero-order chi connectivity index (χ0) is 10.4. The Labute approximate surface area is 89.7 Å². The van der Waals surface area contributed by atoms with Crippen molar-refractivity contribution >= 4 is 11.6 Å². The normalized spacial score (nSPS) is 12.8. The van der Waals surface area contributed by atoms with Crippen molar-refractivity contribution in [2.75, 3.05) is 13.2 Å². The fraction of sp³-hybridized carbons (Fsp3) is 0.455. The van der Waals surface area contributed by atoms with Crippen molar-refractivity contribution in [3.8, 4) is 0 Å². The maximum Gasteiger partial charge on any atom is 0.0471 e. The van der Waals surface area contributed by atoms with Crippen LogP contribution in [0, 0.1) is 5.92 Å². The molecule has 14 heavy (non-hydrogen) atoms. The van der Waals surface area contributed by atoms with Crippen LogP contribution in [0.1, 0.15) is 12.0 Å². The summed E-state index contributed by atoms with van der Waals surface area (Å²) in [4.78, 5) is 0. The molecule has 1 rings (SSSR count). The molecule has 0 aliphatic heterocycles. The van der Waals surface area contributed by atoms with Gasteiger partial charge in [0.25, 0.3) is 0 Å². The van der Waals surface area contributed by atoms with Crippen LogP contribution in [0.15, 0.2) is 24.3 Å². The first-order valence-electron chi connectivity index (χ1n) is 4.81. The Morgan fingerprint density at radius 1 is 1.43 bits per heavy atom. The minimum absolute atomic E-state index is 0.164. The van der Waals surface area contributed by atoms with E-state index in [2.05, 4.69) is 0 Å². The fourth-order valence-electron chi connectivity index (χ4n) is 1.35. The third-order valence-corrected chi connectivity index (χ3v) is 2.56. The summed E-state index contributed by atoms with van der Waals surface area (Å²) in [5, 5.41) is 9.71. The summed E-state index contributed by atoms with van der Waals surface area (Å²) in [7, 11) is 0. The monoisotopic (exact) mass is 213 g/mol. The molecule has 0 aliphatic rings. The zero-order valence-corrected chi connectivity index (χ0v) is 8.87. The van der Waals surface area contributed by atoms with Crippen molar-refractivity contribution in [2.24, 2.45) is 11.7 Å². The van der Waals surface area contributed by atoms with Crippen LogP contribution in [0.4, 0.5) is 0 Å². The Kier molecular flexibility index (Phi) is 4.94. The van der Waals surface area contributed by atoms with E-state index in [1.165, 1.54) is 5.56 Å². The number of aryl methyl sites for hydroxylation is 1. The molecule has 0 bridgehead atoms. The largest absolute Gasteiger partial charge is 0.396 e. The van der Waals surface area contributed by atoms with E-state index < -0.39 is 0 Å². The highest BCUT2D eigenvalue weighted by Gasteiger charge is 2.04. The first kappa shape index (κ1) is 11.5. The molecule has 3 heteroatoms. The maximum absolute atomic E-state index is 8.95. The molecule has 1 aromatic carbocycles. The van der Waals surface area contributed by atoms with Crippen LogP contribution in [0.3, 0.4) is 0 Å². The van der Waals surface area contributed by atoms with Crippen molar-refractivity contribution in [1.29, 1.82) is 0 Å². The van der Waals surface area contributed by atoms with E-state index in [0.717, 1.165) is 17.9 Å². The number of aliphatic hydroxyl groups is 1. The lowest BCUT2D eigenvalue weighted by Crippen LogP contribution is -2.18. The molecule has 1 aromatic rings. The van der Waals surface area contributed by atoms with E-state index in [4.69, 9.17) is 22.4 Å². The number of benzene rings is 1.